The molecule has 0 saturated heterocycles. The molecule has 2 N–H and O–H groups in total. The first kappa shape index (κ1) is 20.8. The molecule has 0 aliphatic carbocycles. The number of carbonyl (C=O) groups excluding carboxylic acids is 2. The van der Waals surface area contributed by atoms with Gasteiger partial charge in [0.15, 0.2) is 0 Å². The van der Waals surface area contributed by atoms with E-state index in [1.165, 1.54) is 11.3 Å². The maximum absolute atomic E-state index is 13.0. The van der Waals surface area contributed by atoms with Crippen LogP contribution in [0.2, 0.25) is 5.02 Å². The van der Waals surface area contributed by atoms with Crippen molar-refractivity contribution in [3.63, 3.8) is 0 Å². The van der Waals surface area contributed by atoms with E-state index in [0.717, 1.165) is 5.56 Å². The Balaban J connectivity index is 1.52. The molecular formula is C23H18ClN3O3S. The minimum Gasteiger partial charge on any atom is -0.467 e. The molecule has 4 aromatic rings. The molecule has 0 unspecified atom stereocenters. The summed E-state index contributed by atoms with van der Waals surface area (Å²) in [6.07, 6.45) is 1.55. The number of benzene rings is 2. The molecule has 0 radical (unpaired) electrons. The molecule has 0 aliphatic heterocycles. The number of halogens is 1. The molecule has 2 aromatic heterocycles. The molecule has 2 amide bonds. The van der Waals surface area contributed by atoms with Gasteiger partial charge in [-0.15, -0.1) is 11.3 Å². The lowest BCUT2D eigenvalue weighted by atomic mass is 10.1. The van der Waals surface area contributed by atoms with Crippen molar-refractivity contribution in [3.05, 3.63) is 93.8 Å². The number of furan rings is 1. The van der Waals surface area contributed by atoms with E-state index in [1.54, 1.807) is 61.7 Å². The first-order valence-electron chi connectivity index (χ1n) is 9.45. The predicted molar refractivity (Wildman–Crippen MR) is 122 cm³/mol. The number of carbonyl (C=O) groups is 2. The van der Waals surface area contributed by atoms with Gasteiger partial charge in [0.1, 0.15) is 15.6 Å². The minimum absolute atomic E-state index is 0.255. The topological polar surface area (TPSA) is 84.2 Å². The lowest BCUT2D eigenvalue weighted by Crippen LogP contribution is -2.24. The summed E-state index contributed by atoms with van der Waals surface area (Å²) < 4.78 is 5.23. The number of para-hydroxylation sites is 1. The zero-order valence-corrected chi connectivity index (χ0v) is 18.1. The summed E-state index contributed by atoms with van der Waals surface area (Å²) in [6.45, 7) is 2.03. The second-order valence-corrected chi connectivity index (χ2v) is 8.14. The molecular weight excluding hydrogens is 434 g/mol. The molecule has 0 saturated carbocycles. The van der Waals surface area contributed by atoms with Crippen LogP contribution in [-0.2, 0) is 6.54 Å². The van der Waals surface area contributed by atoms with Gasteiger partial charge in [-0.25, -0.2) is 4.98 Å². The maximum atomic E-state index is 13.0. The molecule has 6 nitrogen and oxygen atoms in total. The lowest BCUT2D eigenvalue weighted by Gasteiger charge is -2.10. The van der Waals surface area contributed by atoms with Crippen LogP contribution in [0.1, 0.15) is 31.5 Å². The number of nitrogens with zero attached hydrogens (tertiary/aromatic N) is 1. The van der Waals surface area contributed by atoms with Gasteiger partial charge < -0.3 is 15.1 Å². The number of aryl methyl sites for hydroxylation is 1. The normalized spacial score (nSPS) is 10.6. The smallest absolute Gasteiger partial charge is 0.267 e. The second-order valence-electron chi connectivity index (χ2n) is 6.71. The van der Waals surface area contributed by atoms with E-state index in [1.807, 2.05) is 12.1 Å². The van der Waals surface area contributed by atoms with Crippen molar-refractivity contribution in [1.29, 1.82) is 0 Å². The largest absolute Gasteiger partial charge is 0.467 e. The highest BCUT2D eigenvalue weighted by Gasteiger charge is 2.19. The number of rotatable bonds is 6. The van der Waals surface area contributed by atoms with E-state index >= 15 is 0 Å². The highest BCUT2D eigenvalue weighted by Crippen LogP contribution is 2.30. The molecule has 31 heavy (non-hydrogen) atoms. The molecule has 4 rings (SSSR count). The van der Waals surface area contributed by atoms with Gasteiger partial charge >= 0.3 is 0 Å². The lowest BCUT2D eigenvalue weighted by molar-refractivity contribution is 0.0949. The van der Waals surface area contributed by atoms with Crippen molar-refractivity contribution in [2.45, 2.75) is 13.5 Å². The molecule has 2 heterocycles. The number of nitrogens with one attached hydrogen (secondary N) is 2. The third kappa shape index (κ3) is 4.84. The minimum atomic E-state index is -0.324. The van der Waals surface area contributed by atoms with Gasteiger partial charge in [-0.1, -0.05) is 35.9 Å². The van der Waals surface area contributed by atoms with Gasteiger partial charge in [0.25, 0.3) is 11.8 Å². The fourth-order valence-corrected chi connectivity index (χ4v) is 4.15. The monoisotopic (exact) mass is 451 g/mol. The molecule has 0 aliphatic rings. The summed E-state index contributed by atoms with van der Waals surface area (Å²) in [5, 5.41) is 6.94. The van der Waals surface area contributed by atoms with Crippen molar-refractivity contribution in [1.82, 2.24) is 10.3 Å². The van der Waals surface area contributed by atoms with Crippen LogP contribution in [0.15, 0.2) is 71.3 Å². The zero-order chi connectivity index (χ0) is 21.8. The van der Waals surface area contributed by atoms with E-state index in [9.17, 15) is 9.59 Å². The number of amides is 2. The summed E-state index contributed by atoms with van der Waals surface area (Å²) in [5.41, 5.74) is 2.23. The molecule has 0 fully saturated rings. The Morgan fingerprint density at radius 2 is 1.90 bits per heavy atom. The van der Waals surface area contributed by atoms with Crippen molar-refractivity contribution in [2.24, 2.45) is 0 Å². The number of anilines is 1. The number of hydrogen-bond acceptors (Lipinski definition) is 5. The highest BCUT2D eigenvalue weighted by atomic mass is 35.5. The van der Waals surface area contributed by atoms with Crippen molar-refractivity contribution in [3.8, 4) is 10.6 Å². The SMILES string of the molecule is Cc1nc(-c2cccc(Cl)c2)sc1C(=O)Nc1ccccc1C(=O)NCc1ccco1. The Morgan fingerprint density at radius 1 is 1.06 bits per heavy atom. The number of hydrogen-bond donors (Lipinski definition) is 2. The van der Waals surface area contributed by atoms with Crippen LogP contribution in [0.3, 0.4) is 0 Å². The standard InChI is InChI=1S/C23H18ClN3O3S/c1-14-20(31-23(26-14)15-6-4-7-16(24)12-15)22(29)27-19-10-3-2-9-18(19)21(28)25-13-17-8-5-11-30-17/h2-12H,13H2,1H3,(H,25,28)(H,27,29). The second kappa shape index (κ2) is 9.16. The summed E-state index contributed by atoms with van der Waals surface area (Å²) in [7, 11) is 0. The number of aromatic nitrogens is 1. The predicted octanol–water partition coefficient (Wildman–Crippen LogP) is 5.55. The first-order valence-corrected chi connectivity index (χ1v) is 10.6. The van der Waals surface area contributed by atoms with Crippen molar-refractivity contribution in [2.75, 3.05) is 5.32 Å². The average Bonchev–Trinajstić information content (AvgIpc) is 3.42. The van der Waals surface area contributed by atoms with Crippen LogP contribution in [0, 0.1) is 6.92 Å². The van der Waals surface area contributed by atoms with Crippen LogP contribution < -0.4 is 10.6 Å². The van der Waals surface area contributed by atoms with E-state index in [4.69, 9.17) is 16.0 Å². The van der Waals surface area contributed by atoms with Crippen LogP contribution in [0.25, 0.3) is 10.6 Å². The quantitative estimate of drug-likeness (QED) is 0.402. The van der Waals surface area contributed by atoms with E-state index in [0.29, 0.717) is 37.6 Å². The van der Waals surface area contributed by atoms with E-state index in [-0.39, 0.29) is 18.4 Å². The van der Waals surface area contributed by atoms with Crippen LogP contribution in [0.4, 0.5) is 5.69 Å². The van der Waals surface area contributed by atoms with Crippen LogP contribution >= 0.6 is 22.9 Å². The average molecular weight is 452 g/mol. The Labute approximate surface area is 187 Å². The summed E-state index contributed by atoms with van der Waals surface area (Å²) in [5.74, 6) is 0.00574. The third-order valence-electron chi connectivity index (χ3n) is 4.50. The first-order chi connectivity index (χ1) is 15.0. The van der Waals surface area contributed by atoms with Crippen molar-refractivity contribution < 1.29 is 14.0 Å². The van der Waals surface area contributed by atoms with Gasteiger partial charge in [0, 0.05) is 10.6 Å². The molecule has 156 valence electrons. The van der Waals surface area contributed by atoms with E-state index < -0.39 is 0 Å². The molecule has 0 spiro atoms. The van der Waals surface area contributed by atoms with Gasteiger partial charge in [0.05, 0.1) is 29.8 Å². The van der Waals surface area contributed by atoms with Gasteiger partial charge in [-0.2, -0.15) is 0 Å². The van der Waals surface area contributed by atoms with Crippen LogP contribution in [0.5, 0.6) is 0 Å². The zero-order valence-electron chi connectivity index (χ0n) is 16.5. The molecule has 8 heteroatoms. The summed E-state index contributed by atoms with van der Waals surface area (Å²) >= 11 is 7.35. The van der Waals surface area contributed by atoms with Crippen LogP contribution in [-0.4, -0.2) is 16.8 Å². The van der Waals surface area contributed by atoms with E-state index in [2.05, 4.69) is 15.6 Å². The summed E-state index contributed by atoms with van der Waals surface area (Å²) in [4.78, 5) is 30.6. The number of thiazole rings is 1. The Bertz CT molecular complexity index is 1230. The Kier molecular flexibility index (Phi) is 6.16. The fourth-order valence-electron chi connectivity index (χ4n) is 3.00. The molecule has 0 atom stereocenters. The van der Waals surface area contributed by atoms with Gasteiger partial charge in [-0.05, 0) is 43.3 Å². The van der Waals surface area contributed by atoms with Gasteiger partial charge in [0.2, 0.25) is 0 Å². The van der Waals surface area contributed by atoms with Crippen molar-refractivity contribution >= 4 is 40.4 Å². The highest BCUT2D eigenvalue weighted by molar-refractivity contribution is 7.17. The van der Waals surface area contributed by atoms with Gasteiger partial charge in [-0.3, -0.25) is 9.59 Å². The Hall–Kier alpha value is -3.42. The fraction of sp³-hybridized carbons (Fsp3) is 0.0870. The third-order valence-corrected chi connectivity index (χ3v) is 5.94. The summed E-state index contributed by atoms with van der Waals surface area (Å²) in [6, 6.07) is 17.7. The molecule has 2 aromatic carbocycles. The Morgan fingerprint density at radius 3 is 2.68 bits per heavy atom. The maximum Gasteiger partial charge on any atom is 0.267 e. The molecule has 0 bridgehead atoms.